The fourth-order valence-electron chi connectivity index (χ4n) is 1.75. The molecular weight excluding hydrogens is 325 g/mol. The number of benzene rings is 2. The standard InChI is InChI=1S/C14H10FN3O2S2/c15-11-8-6-10(7-9-11)13-16-17-14(21-13)18-22(19,20)12-4-2-1-3-5-12/h1-9H,(H,17,18). The molecule has 22 heavy (non-hydrogen) atoms. The molecule has 0 atom stereocenters. The van der Waals surface area contributed by atoms with Crippen molar-refractivity contribution in [1.82, 2.24) is 10.2 Å². The topological polar surface area (TPSA) is 72.0 Å². The molecule has 0 saturated carbocycles. The fraction of sp³-hybridized carbons (Fsp3) is 0. The summed E-state index contributed by atoms with van der Waals surface area (Å²) in [5, 5.41) is 8.38. The van der Waals surface area contributed by atoms with E-state index in [2.05, 4.69) is 14.9 Å². The molecule has 0 saturated heterocycles. The lowest BCUT2D eigenvalue weighted by molar-refractivity contribution is 0.601. The van der Waals surface area contributed by atoms with Crippen LogP contribution in [0.2, 0.25) is 0 Å². The van der Waals surface area contributed by atoms with Crippen molar-refractivity contribution in [3.05, 3.63) is 60.4 Å². The normalized spacial score (nSPS) is 11.3. The number of sulfonamides is 1. The van der Waals surface area contributed by atoms with Crippen LogP contribution in [0.15, 0.2) is 59.5 Å². The van der Waals surface area contributed by atoms with Crippen molar-refractivity contribution in [2.45, 2.75) is 4.90 Å². The van der Waals surface area contributed by atoms with Crippen LogP contribution in [0.5, 0.6) is 0 Å². The maximum absolute atomic E-state index is 12.9. The van der Waals surface area contributed by atoms with E-state index in [1.807, 2.05) is 0 Å². The molecule has 3 rings (SSSR count). The van der Waals surface area contributed by atoms with E-state index >= 15 is 0 Å². The monoisotopic (exact) mass is 335 g/mol. The number of nitrogens with zero attached hydrogens (tertiary/aromatic N) is 2. The molecule has 8 heteroatoms. The van der Waals surface area contributed by atoms with Gasteiger partial charge in [-0.2, -0.15) is 0 Å². The van der Waals surface area contributed by atoms with Crippen LogP contribution in [0, 0.1) is 5.82 Å². The zero-order chi connectivity index (χ0) is 15.6. The highest BCUT2D eigenvalue weighted by Crippen LogP contribution is 2.27. The van der Waals surface area contributed by atoms with E-state index in [-0.39, 0.29) is 15.8 Å². The van der Waals surface area contributed by atoms with E-state index in [4.69, 9.17) is 0 Å². The Morgan fingerprint density at radius 1 is 0.955 bits per heavy atom. The van der Waals surface area contributed by atoms with E-state index in [0.717, 1.165) is 11.3 Å². The molecule has 0 unspecified atom stereocenters. The summed E-state index contributed by atoms with van der Waals surface area (Å²) in [4.78, 5) is 0.147. The SMILES string of the molecule is O=S(=O)(Nc1nnc(-c2ccc(F)cc2)s1)c1ccccc1. The van der Waals surface area contributed by atoms with E-state index < -0.39 is 10.0 Å². The Balaban J connectivity index is 1.84. The van der Waals surface area contributed by atoms with Gasteiger partial charge in [0.25, 0.3) is 10.0 Å². The minimum atomic E-state index is -3.69. The molecule has 0 bridgehead atoms. The van der Waals surface area contributed by atoms with E-state index in [1.54, 1.807) is 30.3 Å². The summed E-state index contributed by atoms with van der Waals surface area (Å²) in [6, 6.07) is 13.7. The Morgan fingerprint density at radius 2 is 1.64 bits per heavy atom. The lowest BCUT2D eigenvalue weighted by Gasteiger charge is -2.03. The number of anilines is 1. The summed E-state index contributed by atoms with van der Waals surface area (Å²) in [5.41, 5.74) is 0.670. The summed E-state index contributed by atoms with van der Waals surface area (Å²) in [7, 11) is -3.69. The molecule has 0 aliphatic carbocycles. The van der Waals surface area contributed by atoms with E-state index in [0.29, 0.717) is 10.6 Å². The van der Waals surface area contributed by atoms with Gasteiger partial charge >= 0.3 is 0 Å². The van der Waals surface area contributed by atoms with Gasteiger partial charge in [-0.1, -0.05) is 29.5 Å². The maximum atomic E-state index is 12.9. The highest BCUT2D eigenvalue weighted by molar-refractivity contribution is 7.93. The van der Waals surface area contributed by atoms with Crippen molar-refractivity contribution in [3.8, 4) is 10.6 Å². The first kappa shape index (κ1) is 14.6. The summed E-state index contributed by atoms with van der Waals surface area (Å²) in [5.74, 6) is -0.349. The Kier molecular flexibility index (Phi) is 3.86. The number of hydrogen-bond donors (Lipinski definition) is 1. The number of aromatic nitrogens is 2. The van der Waals surface area contributed by atoms with Gasteiger partial charge in [0.1, 0.15) is 10.8 Å². The van der Waals surface area contributed by atoms with Gasteiger partial charge < -0.3 is 0 Å². The Morgan fingerprint density at radius 3 is 2.32 bits per heavy atom. The molecule has 1 N–H and O–H groups in total. The summed E-state index contributed by atoms with van der Waals surface area (Å²) in [6.07, 6.45) is 0. The molecule has 0 aliphatic heterocycles. The lowest BCUT2D eigenvalue weighted by Crippen LogP contribution is -2.12. The Bertz CT molecular complexity index is 878. The van der Waals surface area contributed by atoms with Crippen molar-refractivity contribution < 1.29 is 12.8 Å². The van der Waals surface area contributed by atoms with Crippen LogP contribution in [-0.4, -0.2) is 18.6 Å². The smallest absolute Gasteiger partial charge is 0.253 e. The molecule has 0 spiro atoms. The van der Waals surface area contributed by atoms with E-state index in [1.165, 1.54) is 24.3 Å². The van der Waals surface area contributed by atoms with Crippen LogP contribution in [0.1, 0.15) is 0 Å². The zero-order valence-corrected chi connectivity index (χ0v) is 12.7. The first-order valence-electron chi connectivity index (χ1n) is 6.22. The molecule has 0 aliphatic rings. The second kappa shape index (κ2) is 5.82. The predicted molar refractivity (Wildman–Crippen MR) is 82.6 cm³/mol. The Hall–Kier alpha value is -2.32. The molecule has 3 aromatic rings. The molecule has 1 heterocycles. The largest absolute Gasteiger partial charge is 0.263 e. The van der Waals surface area contributed by atoms with Gasteiger partial charge in [0.2, 0.25) is 5.13 Å². The molecule has 5 nitrogen and oxygen atoms in total. The van der Waals surface area contributed by atoms with Gasteiger partial charge in [-0.25, -0.2) is 12.8 Å². The highest BCUT2D eigenvalue weighted by Gasteiger charge is 2.16. The Labute approximate surface area is 130 Å². The van der Waals surface area contributed by atoms with Gasteiger partial charge in [0.15, 0.2) is 0 Å². The van der Waals surface area contributed by atoms with Crippen LogP contribution in [-0.2, 0) is 10.0 Å². The quantitative estimate of drug-likeness (QED) is 0.795. The van der Waals surface area contributed by atoms with Crippen molar-refractivity contribution >= 4 is 26.5 Å². The van der Waals surface area contributed by atoms with Crippen LogP contribution in [0.3, 0.4) is 0 Å². The number of nitrogens with one attached hydrogen (secondary N) is 1. The van der Waals surface area contributed by atoms with Crippen LogP contribution < -0.4 is 4.72 Å². The van der Waals surface area contributed by atoms with E-state index in [9.17, 15) is 12.8 Å². The number of hydrogen-bond acceptors (Lipinski definition) is 5. The van der Waals surface area contributed by atoms with Gasteiger partial charge in [-0.05, 0) is 36.4 Å². The first-order valence-corrected chi connectivity index (χ1v) is 8.52. The maximum Gasteiger partial charge on any atom is 0.263 e. The summed E-state index contributed by atoms with van der Waals surface area (Å²) < 4.78 is 39.6. The molecular formula is C14H10FN3O2S2. The van der Waals surface area contributed by atoms with Crippen LogP contribution >= 0.6 is 11.3 Å². The third-order valence-electron chi connectivity index (χ3n) is 2.79. The van der Waals surface area contributed by atoms with Crippen molar-refractivity contribution in [3.63, 3.8) is 0 Å². The average molecular weight is 335 g/mol. The van der Waals surface area contributed by atoms with Crippen LogP contribution in [0.25, 0.3) is 10.6 Å². The van der Waals surface area contributed by atoms with Crippen molar-refractivity contribution in [2.75, 3.05) is 4.72 Å². The third kappa shape index (κ3) is 3.12. The van der Waals surface area contributed by atoms with Gasteiger partial charge in [0, 0.05) is 5.56 Å². The summed E-state index contributed by atoms with van der Waals surface area (Å²) in [6.45, 7) is 0. The predicted octanol–water partition coefficient (Wildman–Crippen LogP) is 3.15. The average Bonchev–Trinajstić information content (AvgIpc) is 2.97. The van der Waals surface area contributed by atoms with Gasteiger partial charge in [-0.3, -0.25) is 4.72 Å². The molecule has 112 valence electrons. The first-order chi connectivity index (χ1) is 10.5. The minimum Gasteiger partial charge on any atom is -0.253 e. The molecule has 0 radical (unpaired) electrons. The van der Waals surface area contributed by atoms with Crippen molar-refractivity contribution in [2.24, 2.45) is 0 Å². The third-order valence-corrected chi connectivity index (χ3v) is 5.16. The zero-order valence-electron chi connectivity index (χ0n) is 11.1. The van der Waals surface area contributed by atoms with Crippen molar-refractivity contribution in [1.29, 1.82) is 0 Å². The van der Waals surface area contributed by atoms with Gasteiger partial charge in [-0.15, -0.1) is 10.2 Å². The van der Waals surface area contributed by atoms with Gasteiger partial charge in [0.05, 0.1) is 4.90 Å². The number of rotatable bonds is 4. The molecule has 0 fully saturated rings. The molecule has 2 aromatic carbocycles. The molecule has 0 amide bonds. The second-order valence-electron chi connectivity index (χ2n) is 4.34. The fourth-order valence-corrected chi connectivity index (χ4v) is 3.75. The van der Waals surface area contributed by atoms with Crippen LogP contribution in [0.4, 0.5) is 9.52 Å². The molecule has 1 aromatic heterocycles. The summed E-state index contributed by atoms with van der Waals surface area (Å²) >= 11 is 1.08. The minimum absolute atomic E-state index is 0.147. The lowest BCUT2D eigenvalue weighted by atomic mass is 10.2. The number of halogens is 1. The second-order valence-corrected chi connectivity index (χ2v) is 7.00. The highest BCUT2D eigenvalue weighted by atomic mass is 32.2.